The first kappa shape index (κ1) is 14.7. The van der Waals surface area contributed by atoms with Crippen LogP contribution in [0.2, 0.25) is 0 Å². The van der Waals surface area contributed by atoms with Crippen molar-refractivity contribution in [2.24, 2.45) is 0 Å². The molecular weight excluding hydrogens is 348 g/mol. The van der Waals surface area contributed by atoms with Gasteiger partial charge in [-0.05, 0) is 40.2 Å². The molecule has 0 aliphatic rings. The molecule has 5 heteroatoms. The highest BCUT2D eigenvalue weighted by Gasteiger charge is 2.08. The van der Waals surface area contributed by atoms with Gasteiger partial charge >= 0.3 is 5.63 Å². The molecule has 0 amide bonds. The van der Waals surface area contributed by atoms with Gasteiger partial charge in [0.2, 0.25) is 0 Å². The van der Waals surface area contributed by atoms with Crippen LogP contribution in [0.4, 0.5) is 0 Å². The summed E-state index contributed by atoms with van der Waals surface area (Å²) in [6, 6.07) is 14.4. The molecule has 0 radical (unpaired) electrons. The lowest BCUT2D eigenvalue weighted by Crippen LogP contribution is -2.04. The van der Waals surface area contributed by atoms with Crippen LogP contribution in [0, 0.1) is 0 Å². The maximum atomic E-state index is 11.7. The second kappa shape index (κ2) is 6.23. The van der Waals surface area contributed by atoms with E-state index in [1.807, 2.05) is 36.4 Å². The normalized spacial score (nSPS) is 10.6. The monoisotopic (exact) mass is 360 g/mol. The minimum Gasteiger partial charge on any atom is -0.497 e. The number of hydrogen-bond donors (Lipinski definition) is 0. The van der Waals surface area contributed by atoms with Crippen LogP contribution in [-0.4, -0.2) is 7.11 Å². The van der Waals surface area contributed by atoms with Crippen molar-refractivity contribution in [2.45, 2.75) is 6.61 Å². The van der Waals surface area contributed by atoms with E-state index in [1.165, 1.54) is 6.07 Å². The van der Waals surface area contributed by atoms with E-state index in [2.05, 4.69) is 15.9 Å². The van der Waals surface area contributed by atoms with Crippen LogP contribution in [-0.2, 0) is 6.61 Å². The van der Waals surface area contributed by atoms with Crippen molar-refractivity contribution in [3.63, 3.8) is 0 Å². The summed E-state index contributed by atoms with van der Waals surface area (Å²) >= 11 is 3.43. The van der Waals surface area contributed by atoms with Gasteiger partial charge < -0.3 is 13.9 Å². The lowest BCUT2D eigenvalue weighted by atomic mass is 10.1. The van der Waals surface area contributed by atoms with Gasteiger partial charge in [0.25, 0.3) is 0 Å². The number of hydrogen-bond acceptors (Lipinski definition) is 4. The van der Waals surface area contributed by atoms with Crippen molar-refractivity contribution in [1.82, 2.24) is 0 Å². The Labute approximate surface area is 135 Å². The summed E-state index contributed by atoms with van der Waals surface area (Å²) in [6.45, 7) is 0.275. The number of ether oxygens (including phenoxy) is 2. The number of fused-ring (bicyclic) bond motifs is 1. The molecule has 0 saturated heterocycles. The fraction of sp³-hybridized carbons (Fsp3) is 0.118. The van der Waals surface area contributed by atoms with Crippen molar-refractivity contribution < 1.29 is 13.9 Å². The summed E-state index contributed by atoms with van der Waals surface area (Å²) in [6.07, 6.45) is 0. The lowest BCUT2D eigenvalue weighted by Gasteiger charge is -2.10. The van der Waals surface area contributed by atoms with Crippen LogP contribution >= 0.6 is 15.9 Å². The second-order valence-electron chi connectivity index (χ2n) is 4.67. The molecule has 2 aromatic carbocycles. The highest BCUT2D eigenvalue weighted by atomic mass is 79.9. The average Bonchev–Trinajstić information content (AvgIpc) is 2.53. The molecule has 22 heavy (non-hydrogen) atoms. The highest BCUT2D eigenvalue weighted by molar-refractivity contribution is 9.10. The average molecular weight is 361 g/mol. The van der Waals surface area contributed by atoms with Crippen molar-refractivity contribution in [2.75, 3.05) is 7.11 Å². The molecular formula is C17H13BrO4. The molecule has 0 N–H and O–H groups in total. The molecule has 3 rings (SSSR count). The Morgan fingerprint density at radius 3 is 2.73 bits per heavy atom. The first-order valence-corrected chi connectivity index (χ1v) is 7.45. The largest absolute Gasteiger partial charge is 0.497 e. The Morgan fingerprint density at radius 2 is 1.95 bits per heavy atom. The molecule has 0 bridgehead atoms. The van der Waals surface area contributed by atoms with Gasteiger partial charge in [-0.3, -0.25) is 0 Å². The van der Waals surface area contributed by atoms with E-state index in [0.717, 1.165) is 21.2 Å². The Hall–Kier alpha value is -2.27. The van der Waals surface area contributed by atoms with Crippen LogP contribution in [0.5, 0.6) is 11.5 Å². The van der Waals surface area contributed by atoms with Gasteiger partial charge in [-0.15, -0.1) is 0 Å². The first-order valence-electron chi connectivity index (χ1n) is 6.65. The first-order chi connectivity index (χ1) is 10.7. The lowest BCUT2D eigenvalue weighted by molar-refractivity contribution is 0.304. The van der Waals surface area contributed by atoms with E-state index in [4.69, 9.17) is 13.9 Å². The standard InChI is InChI=1S/C17H13BrO4/c1-20-12-6-7-13-11(8-17(19)22-16(13)9-12)10-21-15-5-3-2-4-14(15)18/h2-9H,10H2,1H3. The third-order valence-corrected chi connectivity index (χ3v) is 3.91. The number of para-hydroxylation sites is 1. The summed E-state index contributed by atoms with van der Waals surface area (Å²) in [5, 5.41) is 0.826. The van der Waals surface area contributed by atoms with E-state index in [-0.39, 0.29) is 6.61 Å². The molecule has 0 fully saturated rings. The van der Waals surface area contributed by atoms with Gasteiger partial charge in [0.05, 0.1) is 11.6 Å². The minimum atomic E-state index is -0.411. The Kier molecular flexibility index (Phi) is 4.15. The number of methoxy groups -OCH3 is 1. The molecule has 1 aromatic heterocycles. The predicted octanol–water partition coefficient (Wildman–Crippen LogP) is 4.14. The van der Waals surface area contributed by atoms with Gasteiger partial charge in [0, 0.05) is 23.1 Å². The van der Waals surface area contributed by atoms with E-state index < -0.39 is 5.63 Å². The summed E-state index contributed by atoms with van der Waals surface area (Å²) in [5.41, 5.74) is 0.841. The molecule has 0 aliphatic heterocycles. The van der Waals surface area contributed by atoms with Crippen molar-refractivity contribution in [3.05, 3.63) is 69.0 Å². The molecule has 0 spiro atoms. The Bertz CT molecular complexity index is 870. The van der Waals surface area contributed by atoms with E-state index in [9.17, 15) is 4.79 Å². The fourth-order valence-electron chi connectivity index (χ4n) is 2.17. The third kappa shape index (κ3) is 2.99. The molecule has 112 valence electrons. The maximum absolute atomic E-state index is 11.7. The number of rotatable bonds is 4. The quantitative estimate of drug-likeness (QED) is 0.656. The van der Waals surface area contributed by atoms with Gasteiger partial charge in [-0.2, -0.15) is 0 Å². The van der Waals surface area contributed by atoms with Crippen LogP contribution in [0.3, 0.4) is 0 Å². The second-order valence-corrected chi connectivity index (χ2v) is 5.53. The van der Waals surface area contributed by atoms with E-state index >= 15 is 0 Å². The van der Waals surface area contributed by atoms with Gasteiger partial charge in [0.15, 0.2) is 0 Å². The topological polar surface area (TPSA) is 48.7 Å². The number of halogens is 1. The summed E-state index contributed by atoms with van der Waals surface area (Å²) < 4.78 is 17.0. The summed E-state index contributed by atoms with van der Waals surface area (Å²) in [7, 11) is 1.57. The fourth-order valence-corrected chi connectivity index (χ4v) is 2.57. The molecule has 1 heterocycles. The van der Waals surface area contributed by atoms with Crippen molar-refractivity contribution in [3.8, 4) is 11.5 Å². The van der Waals surface area contributed by atoms with Crippen LogP contribution in [0.15, 0.2) is 62.2 Å². The highest BCUT2D eigenvalue weighted by Crippen LogP contribution is 2.27. The molecule has 0 unspecified atom stereocenters. The van der Waals surface area contributed by atoms with Crippen LogP contribution in [0.25, 0.3) is 11.0 Å². The number of benzene rings is 2. The predicted molar refractivity (Wildman–Crippen MR) is 87.5 cm³/mol. The Balaban J connectivity index is 1.96. The zero-order valence-corrected chi connectivity index (χ0v) is 13.4. The Morgan fingerprint density at radius 1 is 1.14 bits per heavy atom. The zero-order valence-electron chi connectivity index (χ0n) is 11.8. The molecule has 3 aromatic rings. The van der Waals surface area contributed by atoms with Gasteiger partial charge in [-0.1, -0.05) is 12.1 Å². The molecule has 0 saturated carbocycles. The van der Waals surface area contributed by atoms with Crippen LogP contribution < -0.4 is 15.1 Å². The third-order valence-electron chi connectivity index (χ3n) is 3.26. The van der Waals surface area contributed by atoms with E-state index in [1.54, 1.807) is 13.2 Å². The zero-order chi connectivity index (χ0) is 15.5. The summed E-state index contributed by atoms with van der Waals surface area (Å²) in [4.78, 5) is 11.7. The van der Waals surface area contributed by atoms with Crippen LogP contribution in [0.1, 0.15) is 5.56 Å². The van der Waals surface area contributed by atoms with Gasteiger partial charge in [-0.25, -0.2) is 4.79 Å². The van der Waals surface area contributed by atoms with Crippen molar-refractivity contribution in [1.29, 1.82) is 0 Å². The maximum Gasteiger partial charge on any atom is 0.336 e. The SMILES string of the molecule is COc1ccc2c(COc3ccccc3Br)cc(=O)oc2c1. The van der Waals surface area contributed by atoms with Crippen molar-refractivity contribution >= 4 is 26.9 Å². The van der Waals surface area contributed by atoms with E-state index in [0.29, 0.717) is 11.3 Å². The summed E-state index contributed by atoms with van der Waals surface area (Å²) in [5.74, 6) is 1.36. The molecule has 0 atom stereocenters. The molecule has 0 aliphatic carbocycles. The van der Waals surface area contributed by atoms with Gasteiger partial charge in [0.1, 0.15) is 23.7 Å². The minimum absolute atomic E-state index is 0.275. The molecule has 4 nitrogen and oxygen atoms in total. The smallest absolute Gasteiger partial charge is 0.336 e.